The van der Waals surface area contributed by atoms with Crippen LogP contribution in [0.4, 0.5) is 8.78 Å². The van der Waals surface area contributed by atoms with Gasteiger partial charge in [-0.25, -0.2) is 4.79 Å². The Hall–Kier alpha value is -1.09. The fourth-order valence-corrected chi connectivity index (χ4v) is 5.10. The van der Waals surface area contributed by atoms with Gasteiger partial charge >= 0.3 is 21.3 Å². The lowest BCUT2D eigenvalue weighted by Crippen LogP contribution is -2.52. The van der Waals surface area contributed by atoms with Crippen molar-refractivity contribution in [3.63, 3.8) is 0 Å². The van der Waals surface area contributed by atoms with E-state index in [2.05, 4.69) is 4.74 Å². The lowest BCUT2D eigenvalue weighted by Gasteiger charge is -2.55. The van der Waals surface area contributed by atoms with Crippen molar-refractivity contribution in [2.45, 2.75) is 43.8 Å². The summed E-state index contributed by atoms with van der Waals surface area (Å²) in [5.41, 5.74) is -0.834. The van der Waals surface area contributed by atoms with E-state index < -0.39 is 39.1 Å². The van der Waals surface area contributed by atoms with Crippen molar-refractivity contribution in [2.75, 3.05) is 6.61 Å². The van der Waals surface area contributed by atoms with Gasteiger partial charge in [-0.1, -0.05) is 0 Å². The molecule has 0 aromatic heterocycles. The molecule has 0 amide bonds. The van der Waals surface area contributed by atoms with Crippen LogP contribution in [-0.4, -0.2) is 36.6 Å². The Morgan fingerprint density at radius 1 is 1.09 bits per heavy atom. The first-order valence-corrected chi connectivity index (χ1v) is 9.03. The number of halogens is 2. The summed E-state index contributed by atoms with van der Waals surface area (Å²) in [6, 6.07) is 0. The molecule has 0 aromatic carbocycles. The fourth-order valence-electron chi connectivity index (χ4n) is 4.89. The van der Waals surface area contributed by atoms with Crippen LogP contribution < -0.4 is 0 Å². The molecule has 0 aromatic rings. The molecule has 0 heterocycles. The second-order valence-electron chi connectivity index (χ2n) is 7.22. The Kier molecular flexibility index (Phi) is 3.79. The van der Waals surface area contributed by atoms with Gasteiger partial charge < -0.3 is 4.74 Å². The number of Topliss-reactive ketones (excluding diaryl/α,β-unsaturated/α-hetero) is 1. The highest BCUT2D eigenvalue weighted by Crippen LogP contribution is 2.60. The van der Waals surface area contributed by atoms with E-state index in [-0.39, 0.29) is 0 Å². The zero-order valence-corrected chi connectivity index (χ0v) is 13.2. The second kappa shape index (κ2) is 5.20. The van der Waals surface area contributed by atoms with Crippen molar-refractivity contribution in [1.82, 2.24) is 0 Å². The second-order valence-corrected chi connectivity index (χ2v) is 8.76. The highest BCUT2D eigenvalue weighted by atomic mass is 32.2. The maximum atomic E-state index is 13.1. The number of carbonyl (C=O) groups is 2. The number of ether oxygens (including phenoxy) is 1. The van der Waals surface area contributed by atoms with Gasteiger partial charge in [-0.15, -0.1) is 0 Å². The van der Waals surface area contributed by atoms with Crippen LogP contribution in [0.3, 0.4) is 0 Å². The number of ketones is 1. The third-order valence-electron chi connectivity index (χ3n) is 5.45. The average molecular weight is 352 g/mol. The van der Waals surface area contributed by atoms with Crippen LogP contribution in [-0.2, 0) is 24.4 Å². The smallest absolute Gasteiger partial charge is 0.402 e. The van der Waals surface area contributed by atoms with Gasteiger partial charge in [0.15, 0.2) is 6.61 Å². The lowest BCUT2D eigenvalue weighted by molar-refractivity contribution is -0.169. The van der Waals surface area contributed by atoms with Gasteiger partial charge in [0, 0.05) is 5.41 Å². The van der Waals surface area contributed by atoms with Crippen LogP contribution in [0.5, 0.6) is 0 Å². The molecule has 130 valence electrons. The Morgan fingerprint density at radius 3 is 1.91 bits per heavy atom. The van der Waals surface area contributed by atoms with Gasteiger partial charge in [-0.05, 0) is 56.3 Å². The summed E-state index contributed by atoms with van der Waals surface area (Å²) in [4.78, 5) is 24.3. The summed E-state index contributed by atoms with van der Waals surface area (Å²) >= 11 is 0. The molecule has 0 atom stereocenters. The molecule has 0 radical (unpaired) electrons. The summed E-state index contributed by atoms with van der Waals surface area (Å²) in [7, 11) is -5.69. The summed E-state index contributed by atoms with van der Waals surface area (Å²) in [6.07, 6.45) is 4.85. The van der Waals surface area contributed by atoms with Gasteiger partial charge in [0.05, 0.1) is 0 Å². The van der Waals surface area contributed by atoms with Gasteiger partial charge in [-0.2, -0.15) is 17.2 Å². The molecule has 0 saturated heterocycles. The number of rotatable bonds is 5. The van der Waals surface area contributed by atoms with Crippen LogP contribution in [0.25, 0.3) is 0 Å². The van der Waals surface area contributed by atoms with E-state index in [9.17, 15) is 26.8 Å². The molecule has 4 saturated carbocycles. The minimum Gasteiger partial charge on any atom is -0.452 e. The Morgan fingerprint density at radius 2 is 1.52 bits per heavy atom. The molecule has 4 rings (SSSR count). The summed E-state index contributed by atoms with van der Waals surface area (Å²) in [5, 5.41) is -4.62. The summed E-state index contributed by atoms with van der Waals surface area (Å²) in [5.74, 6) is -1.11. The minimum absolute atomic E-state index is 0.386. The summed E-state index contributed by atoms with van der Waals surface area (Å²) in [6.45, 7) is -1.86. The predicted molar refractivity (Wildman–Crippen MR) is 73.1 cm³/mol. The van der Waals surface area contributed by atoms with E-state index in [0.29, 0.717) is 37.0 Å². The Bertz CT molecular complexity index is 606. The zero-order valence-electron chi connectivity index (χ0n) is 12.3. The van der Waals surface area contributed by atoms with Crippen molar-refractivity contribution in [2.24, 2.45) is 23.2 Å². The van der Waals surface area contributed by atoms with Crippen molar-refractivity contribution >= 4 is 21.9 Å². The van der Waals surface area contributed by atoms with Crippen LogP contribution >= 0.6 is 0 Å². The molecule has 4 bridgehead atoms. The van der Waals surface area contributed by atoms with Crippen molar-refractivity contribution in [1.29, 1.82) is 0 Å². The molecule has 4 aliphatic rings. The number of carbonyl (C=O) groups excluding carboxylic acids is 2. The maximum Gasteiger partial charge on any atom is 0.402 e. The monoisotopic (exact) mass is 352 g/mol. The lowest BCUT2D eigenvalue weighted by atomic mass is 9.48. The molecule has 0 aliphatic heterocycles. The third kappa shape index (κ3) is 2.88. The molecule has 9 heteroatoms. The van der Waals surface area contributed by atoms with E-state index >= 15 is 0 Å². The number of hydrogen-bond donors (Lipinski definition) is 1. The number of hydrogen-bond acceptors (Lipinski definition) is 5. The first kappa shape index (κ1) is 16.8. The van der Waals surface area contributed by atoms with Gasteiger partial charge in [0.25, 0.3) is 0 Å². The molecule has 23 heavy (non-hydrogen) atoms. The standard InChI is InChI=1S/C14H18F2O6S/c15-14(16,23(19,20)21)7-22-12(18)11(17)13-4-8-1-9(5-13)3-10(2-8)6-13/h8-10H,1-7H2,(H,19,20,21). The number of alkyl halides is 2. The van der Waals surface area contributed by atoms with E-state index in [4.69, 9.17) is 4.55 Å². The molecular formula is C14H18F2O6S. The Labute approximate surface area is 132 Å². The highest BCUT2D eigenvalue weighted by Gasteiger charge is 2.56. The SMILES string of the molecule is O=C(OCC(F)(F)S(=O)(=O)O)C(=O)C12CC3CC(CC(C3)C1)C2. The zero-order chi connectivity index (χ0) is 17.0. The van der Waals surface area contributed by atoms with Crippen LogP contribution in [0.15, 0.2) is 0 Å². The topological polar surface area (TPSA) is 97.7 Å². The maximum absolute atomic E-state index is 13.1. The first-order chi connectivity index (χ1) is 10.5. The largest absolute Gasteiger partial charge is 0.452 e. The van der Waals surface area contributed by atoms with Gasteiger partial charge in [-0.3, -0.25) is 9.35 Å². The van der Waals surface area contributed by atoms with Crippen molar-refractivity contribution in [3.8, 4) is 0 Å². The molecule has 0 unspecified atom stereocenters. The number of esters is 1. The molecular weight excluding hydrogens is 334 g/mol. The van der Waals surface area contributed by atoms with E-state index in [1.165, 1.54) is 0 Å². The van der Waals surface area contributed by atoms with Crippen LogP contribution in [0.1, 0.15) is 38.5 Å². The third-order valence-corrected chi connectivity index (χ3v) is 6.33. The molecule has 4 aliphatic carbocycles. The van der Waals surface area contributed by atoms with Gasteiger partial charge in [0.1, 0.15) is 0 Å². The predicted octanol–water partition coefficient (Wildman–Crippen LogP) is 1.80. The van der Waals surface area contributed by atoms with Crippen molar-refractivity contribution < 1.29 is 36.1 Å². The van der Waals surface area contributed by atoms with Gasteiger partial charge in [0.2, 0.25) is 5.78 Å². The average Bonchev–Trinajstić information content (AvgIpc) is 2.41. The molecule has 6 nitrogen and oxygen atoms in total. The molecule has 0 spiro atoms. The van der Waals surface area contributed by atoms with Crippen molar-refractivity contribution in [3.05, 3.63) is 0 Å². The minimum atomic E-state index is -5.69. The fraction of sp³-hybridized carbons (Fsp3) is 0.857. The Balaban J connectivity index is 1.68. The normalized spacial score (nSPS) is 36.0. The van der Waals surface area contributed by atoms with Crippen LogP contribution in [0.2, 0.25) is 0 Å². The quantitative estimate of drug-likeness (QED) is 0.460. The van der Waals surface area contributed by atoms with E-state index in [0.717, 1.165) is 19.3 Å². The summed E-state index contributed by atoms with van der Waals surface area (Å²) < 4.78 is 59.7. The van der Waals surface area contributed by atoms with Crippen LogP contribution in [0, 0.1) is 23.2 Å². The molecule has 1 N–H and O–H groups in total. The van der Waals surface area contributed by atoms with E-state index in [1.54, 1.807) is 0 Å². The first-order valence-electron chi connectivity index (χ1n) is 7.59. The highest BCUT2D eigenvalue weighted by molar-refractivity contribution is 7.86. The molecule has 4 fully saturated rings. The van der Waals surface area contributed by atoms with E-state index in [1.807, 2.05) is 0 Å².